The van der Waals surface area contributed by atoms with Crippen molar-refractivity contribution < 1.29 is 9.52 Å². The number of nitrogens with zero attached hydrogens (tertiary/aromatic N) is 4. The Labute approximate surface area is 543 Å². The molecule has 0 radical (unpaired) electrons. The molecule has 0 bridgehead atoms. The van der Waals surface area contributed by atoms with E-state index in [4.69, 9.17) is 19.4 Å². The van der Waals surface area contributed by atoms with Crippen LogP contribution >= 0.6 is 11.3 Å². The molecular formula is C51H59B29N4O2S. The van der Waals surface area contributed by atoms with Crippen molar-refractivity contribution in [2.24, 2.45) is 0 Å². The van der Waals surface area contributed by atoms with Crippen molar-refractivity contribution in [1.29, 1.82) is 0 Å². The maximum absolute atomic E-state index is 11.5. The first-order valence-corrected chi connectivity index (χ1v) is 32.1. The fourth-order valence-corrected chi connectivity index (χ4v) is 17.6. The molecule has 8 aromatic carbocycles. The Morgan fingerprint density at radius 3 is 1.09 bits per heavy atom. The summed E-state index contributed by atoms with van der Waals surface area (Å²) < 4.78 is 13.1. The summed E-state index contributed by atoms with van der Waals surface area (Å²) >= 11 is 2.00. The summed E-state index contributed by atoms with van der Waals surface area (Å²) in [6, 6.07) is 0. The predicted octanol–water partition coefficient (Wildman–Crippen LogP) is -36.9. The summed E-state index contributed by atoms with van der Waals surface area (Å²) in [6.07, 6.45) is 0. The third-order valence-electron chi connectivity index (χ3n) is 23.3. The zero-order valence-corrected chi connectivity index (χ0v) is 58.4. The molecule has 4 aromatic heterocycles. The van der Waals surface area contributed by atoms with Gasteiger partial charge in [-0.15, -0.1) is 44.1 Å². The first-order chi connectivity index (χ1) is 40.7. The van der Waals surface area contributed by atoms with Crippen LogP contribution in [0.25, 0.3) is 115 Å². The van der Waals surface area contributed by atoms with Gasteiger partial charge in [-0.1, -0.05) is 109 Å². The van der Waals surface area contributed by atoms with Crippen molar-refractivity contribution in [1.82, 2.24) is 19.5 Å². The number of rotatable bonds is 5. The molecule has 0 atom stereocenters. The molecule has 0 amide bonds. The van der Waals surface area contributed by atoms with E-state index in [9.17, 15) is 5.11 Å². The van der Waals surface area contributed by atoms with Gasteiger partial charge in [-0.3, -0.25) is 0 Å². The van der Waals surface area contributed by atoms with E-state index in [-0.39, 0.29) is 0 Å². The maximum atomic E-state index is 11.5. The zero-order valence-electron chi connectivity index (χ0n) is 57.6. The second kappa shape index (κ2) is 20.9. The molecule has 0 aliphatic heterocycles. The molecule has 0 aliphatic rings. The minimum Gasteiger partial charge on any atom is -0.509 e. The third-order valence-corrected chi connectivity index (χ3v) is 24.7. The molecule has 0 spiro atoms. The van der Waals surface area contributed by atoms with E-state index < -0.39 is 0 Å². The highest BCUT2D eigenvalue weighted by Crippen LogP contribution is 2.40. The van der Waals surface area contributed by atoms with E-state index in [0.29, 0.717) is 23.2 Å². The summed E-state index contributed by atoms with van der Waals surface area (Å²) in [5.74, 6) is 2.32. The lowest BCUT2D eigenvalue weighted by Gasteiger charge is -2.26. The number of benzene rings is 8. The molecule has 6 nitrogen and oxygen atoms in total. The first kappa shape index (κ1) is 61.5. The van der Waals surface area contributed by atoms with E-state index in [2.05, 4.69) is 224 Å². The Kier molecular flexibility index (Phi) is 14.8. The molecule has 1 N–H and O–H groups in total. The van der Waals surface area contributed by atoms with Gasteiger partial charge in [0, 0.05) is 64.4 Å². The summed E-state index contributed by atoms with van der Waals surface area (Å²) in [5.41, 5.74) is 46.2. The maximum Gasteiger partial charge on any atom is 0.163 e. The number of thiophene rings is 1. The van der Waals surface area contributed by atoms with Crippen molar-refractivity contribution >= 4 is 461 Å². The molecule has 388 valence electrons. The number of aromatic nitrogens is 4. The Hall–Kier alpha value is -5.73. The van der Waals surface area contributed by atoms with Gasteiger partial charge in [0.25, 0.3) is 0 Å². The highest BCUT2D eigenvalue weighted by atomic mass is 32.1. The number of furan rings is 1. The topological polar surface area (TPSA) is 77.0 Å². The van der Waals surface area contributed by atoms with Gasteiger partial charge in [-0.05, 0) is 38.3 Å². The minimum atomic E-state index is 0.364. The van der Waals surface area contributed by atoms with E-state index >= 15 is 0 Å². The van der Waals surface area contributed by atoms with Crippen LogP contribution in [0.5, 0.6) is 5.75 Å². The van der Waals surface area contributed by atoms with Gasteiger partial charge in [0.05, 0.1) is 0 Å². The van der Waals surface area contributed by atoms with Crippen molar-refractivity contribution in [2.75, 3.05) is 0 Å². The highest BCUT2D eigenvalue weighted by Gasteiger charge is 2.32. The average molecular weight is 1110 g/mol. The SMILES string of the molecule is Bc1c(B)c(B)c(-c2nc(-c3c(B)c(B)c(-c4c(B)c(B)c(B)c(O)c4B)c(B)c3B)nc(-c3c(B)c(B)c4c(oc5c(B)c(-n6c7c(B)c(B)c(B)c(B)c7c7c8sc9c(B)c(B)c(B)c(B)c9c8c(B)c(B)c76)c(B)c(B)c54)c3B)n2)c(B)c1B. The van der Waals surface area contributed by atoms with Gasteiger partial charge in [0.1, 0.15) is 244 Å². The molecule has 0 fully saturated rings. The molecule has 87 heavy (non-hydrogen) atoms. The number of phenols is 1. The molecule has 0 unspecified atom stereocenters. The van der Waals surface area contributed by atoms with Crippen molar-refractivity contribution in [3.05, 3.63) is 0 Å². The fraction of sp³-hybridized carbons (Fsp3) is 0. The Balaban J connectivity index is 1.17. The number of hydrogen-bond acceptors (Lipinski definition) is 6. The van der Waals surface area contributed by atoms with Gasteiger partial charge in [-0.25, -0.2) is 15.0 Å². The standard InChI is InChI=1S/C51H59B29N4O2S/c52-12-1(2-14(54)31(71)38(78)44(85)25(2)65)13(53)21(61)9(20(12)60)49-81-50(10-23(63)29(69)32(72)30(70)24(10)64)83-51(82-49)11-22(62)16(56)4-5-17(57)36(76)43(40(80)46(5)86-45(4)26(11)66)84-41-3(15(55)27(67)33(73)37(41)77)8-42(84)35(75)19(59)6-7-18(58)28(68)34(74)39(79)48(7)87-47(6)8/h85H,52-80H2. The lowest BCUT2D eigenvalue weighted by Crippen LogP contribution is -2.55. The minimum absolute atomic E-state index is 0.364. The lowest BCUT2D eigenvalue weighted by molar-refractivity contribution is 0.484. The van der Waals surface area contributed by atoms with E-state index in [1.165, 1.54) is 151 Å². The van der Waals surface area contributed by atoms with Gasteiger partial charge in [0.15, 0.2) is 17.5 Å². The summed E-state index contributed by atoms with van der Waals surface area (Å²) in [4.78, 5) is 16.9. The third kappa shape index (κ3) is 8.11. The van der Waals surface area contributed by atoms with E-state index in [1.807, 2.05) is 19.2 Å². The van der Waals surface area contributed by atoms with Gasteiger partial charge < -0.3 is 14.1 Å². The largest absolute Gasteiger partial charge is 0.509 e. The summed E-state index contributed by atoms with van der Waals surface area (Å²) in [5, 5.41) is 19.4. The van der Waals surface area contributed by atoms with Crippen LogP contribution in [0.1, 0.15) is 0 Å². The molecule has 12 aromatic rings. The molecule has 36 heteroatoms. The highest BCUT2D eigenvalue weighted by molar-refractivity contribution is 7.28. The summed E-state index contributed by atoms with van der Waals surface area (Å²) in [6.45, 7) is 0. The molecule has 4 heterocycles. The first-order valence-electron chi connectivity index (χ1n) is 31.3. The van der Waals surface area contributed by atoms with Gasteiger partial charge >= 0.3 is 0 Å². The van der Waals surface area contributed by atoms with Crippen LogP contribution in [-0.2, 0) is 0 Å². The van der Waals surface area contributed by atoms with Crippen LogP contribution in [0.3, 0.4) is 0 Å². The van der Waals surface area contributed by atoms with E-state index in [0.717, 1.165) is 104 Å². The molecule has 0 saturated carbocycles. The number of hydrogen-bond donors (Lipinski definition) is 1. The lowest BCUT2D eigenvalue weighted by atomic mass is 9.58. The normalized spacial score (nSPS) is 11.9. The fourth-order valence-electron chi connectivity index (χ4n) is 16.0. The van der Waals surface area contributed by atoms with Crippen LogP contribution in [0, 0.1) is 0 Å². The Morgan fingerprint density at radius 1 is 0.253 bits per heavy atom. The van der Waals surface area contributed by atoms with Crippen LogP contribution < -0.4 is 158 Å². The molecular weight excluding hydrogens is 1050 g/mol. The van der Waals surface area contributed by atoms with Gasteiger partial charge in [0.2, 0.25) is 0 Å². The average Bonchev–Trinajstić information content (AvgIpc) is 1.54. The van der Waals surface area contributed by atoms with Crippen LogP contribution in [-0.4, -0.2) is 252 Å². The molecule has 0 aliphatic carbocycles. The quantitative estimate of drug-likeness (QED) is 0.174. The van der Waals surface area contributed by atoms with Crippen LogP contribution in [0.15, 0.2) is 4.42 Å². The van der Waals surface area contributed by atoms with Gasteiger partial charge in [-0.2, -0.15) is 0 Å². The predicted molar refractivity (Wildman–Crippen MR) is 475 cm³/mol. The Morgan fingerprint density at radius 2 is 0.563 bits per heavy atom. The zero-order chi connectivity index (χ0) is 63.6. The van der Waals surface area contributed by atoms with Crippen LogP contribution in [0.4, 0.5) is 0 Å². The van der Waals surface area contributed by atoms with Crippen molar-refractivity contribution in [3.8, 4) is 56.7 Å². The molecule has 0 saturated heterocycles. The number of phenolic OH excluding ortho intramolecular Hbond substituents is 1. The van der Waals surface area contributed by atoms with E-state index in [1.54, 1.807) is 0 Å². The Bertz CT molecular complexity index is 5220. The molecule has 12 rings (SSSR count). The monoisotopic (exact) mass is 1110 g/mol. The smallest absolute Gasteiger partial charge is 0.163 e. The van der Waals surface area contributed by atoms with Crippen LogP contribution in [0.2, 0.25) is 0 Å². The second-order valence-corrected chi connectivity index (χ2v) is 27.8. The number of aromatic hydroxyl groups is 1. The van der Waals surface area contributed by atoms with Crippen molar-refractivity contribution in [2.45, 2.75) is 0 Å². The second-order valence-electron chi connectivity index (χ2n) is 26.8. The van der Waals surface area contributed by atoms with Crippen molar-refractivity contribution in [3.63, 3.8) is 0 Å². The number of fused-ring (bicyclic) bond motifs is 10. The summed E-state index contributed by atoms with van der Waals surface area (Å²) in [7, 11) is 65.4.